The van der Waals surface area contributed by atoms with Crippen LogP contribution in [0.5, 0.6) is 0 Å². The molecule has 2 rings (SSSR count). The highest BCUT2D eigenvalue weighted by molar-refractivity contribution is 5.62. The molecule has 0 bridgehead atoms. The summed E-state index contributed by atoms with van der Waals surface area (Å²) in [5, 5.41) is 0. The molecule has 1 aliphatic heterocycles. The van der Waals surface area contributed by atoms with Gasteiger partial charge < -0.3 is 14.3 Å². The summed E-state index contributed by atoms with van der Waals surface area (Å²) in [6, 6.07) is 0. The molecule has 1 heterocycles. The zero-order valence-electron chi connectivity index (χ0n) is 9.04. The number of carbonyl (C=O) groups excluding carboxylic acids is 1. The van der Waals surface area contributed by atoms with Gasteiger partial charge in [0.1, 0.15) is 6.29 Å². The third-order valence-corrected chi connectivity index (χ3v) is 3.63. The van der Waals surface area contributed by atoms with E-state index >= 15 is 0 Å². The minimum atomic E-state index is -0.652. The first-order valence-electron chi connectivity index (χ1n) is 5.64. The van der Waals surface area contributed by atoms with E-state index < -0.39 is 11.2 Å². The van der Waals surface area contributed by atoms with Crippen LogP contribution in [0.2, 0.25) is 0 Å². The molecule has 1 saturated heterocycles. The summed E-state index contributed by atoms with van der Waals surface area (Å²) in [7, 11) is 0. The largest absolute Gasteiger partial charge is 0.346 e. The number of carbonyl (C=O) groups is 1. The molecular formula is C12H18O3. The van der Waals surface area contributed by atoms with Gasteiger partial charge in [0.25, 0.3) is 0 Å². The maximum absolute atomic E-state index is 11.4. The summed E-state index contributed by atoms with van der Waals surface area (Å²) in [4.78, 5) is 11.4. The van der Waals surface area contributed by atoms with E-state index in [9.17, 15) is 4.79 Å². The van der Waals surface area contributed by atoms with Crippen molar-refractivity contribution >= 4 is 6.29 Å². The molecule has 2 aliphatic rings. The monoisotopic (exact) mass is 210 g/mol. The summed E-state index contributed by atoms with van der Waals surface area (Å²) in [5.74, 6) is -0.652. The van der Waals surface area contributed by atoms with Crippen LogP contribution in [0.25, 0.3) is 0 Å². The van der Waals surface area contributed by atoms with Crippen molar-refractivity contribution in [3.05, 3.63) is 12.7 Å². The predicted molar refractivity (Wildman–Crippen MR) is 56.4 cm³/mol. The van der Waals surface area contributed by atoms with Crippen LogP contribution in [0.3, 0.4) is 0 Å². The van der Waals surface area contributed by atoms with E-state index in [1.54, 1.807) is 6.08 Å². The molecule has 1 saturated carbocycles. The quantitative estimate of drug-likeness (QED) is 0.528. The van der Waals surface area contributed by atoms with Crippen LogP contribution < -0.4 is 0 Å². The predicted octanol–water partition coefficient (Wildman–Crippen LogP) is 2.06. The second kappa shape index (κ2) is 4.06. The van der Waals surface area contributed by atoms with Crippen molar-refractivity contribution in [2.75, 3.05) is 13.2 Å². The Balaban J connectivity index is 2.30. The molecule has 3 nitrogen and oxygen atoms in total. The zero-order chi connectivity index (χ0) is 10.8. The Labute approximate surface area is 90.4 Å². The van der Waals surface area contributed by atoms with E-state index in [2.05, 4.69) is 6.58 Å². The third-order valence-electron chi connectivity index (χ3n) is 3.63. The summed E-state index contributed by atoms with van der Waals surface area (Å²) in [6.07, 6.45) is 7.30. The van der Waals surface area contributed by atoms with Crippen LogP contribution in [0.15, 0.2) is 12.7 Å². The third kappa shape index (κ3) is 1.54. The molecule has 0 aromatic heterocycles. The SMILES string of the molecule is C=CCC1(C=O)CCCCC12OCCO2. The van der Waals surface area contributed by atoms with E-state index in [0.29, 0.717) is 19.6 Å². The number of hydrogen-bond acceptors (Lipinski definition) is 3. The van der Waals surface area contributed by atoms with E-state index in [1.807, 2.05) is 0 Å². The molecule has 1 spiro atoms. The normalized spacial score (nSPS) is 34.1. The fraction of sp³-hybridized carbons (Fsp3) is 0.750. The molecule has 0 amide bonds. The minimum Gasteiger partial charge on any atom is -0.346 e. The van der Waals surface area contributed by atoms with Crippen LogP contribution in [0.1, 0.15) is 32.1 Å². The molecule has 15 heavy (non-hydrogen) atoms. The van der Waals surface area contributed by atoms with Gasteiger partial charge in [0.2, 0.25) is 0 Å². The molecule has 2 fully saturated rings. The topological polar surface area (TPSA) is 35.5 Å². The maximum atomic E-state index is 11.4. The lowest BCUT2D eigenvalue weighted by molar-refractivity contribution is -0.243. The molecule has 3 heteroatoms. The Kier molecular flexibility index (Phi) is 2.94. The molecular weight excluding hydrogens is 192 g/mol. The van der Waals surface area contributed by atoms with Crippen molar-refractivity contribution in [2.24, 2.45) is 5.41 Å². The lowest BCUT2D eigenvalue weighted by Gasteiger charge is -2.46. The van der Waals surface area contributed by atoms with Crippen molar-refractivity contribution in [1.82, 2.24) is 0 Å². The Hall–Kier alpha value is -0.670. The Morgan fingerprint density at radius 2 is 1.87 bits per heavy atom. The number of allylic oxidation sites excluding steroid dienone is 1. The average molecular weight is 210 g/mol. The number of rotatable bonds is 3. The van der Waals surface area contributed by atoms with Crippen molar-refractivity contribution in [3.8, 4) is 0 Å². The molecule has 1 unspecified atom stereocenters. The van der Waals surface area contributed by atoms with Gasteiger partial charge in [-0.3, -0.25) is 0 Å². The van der Waals surface area contributed by atoms with Crippen LogP contribution in [0, 0.1) is 5.41 Å². The molecule has 0 aromatic rings. The molecule has 1 aliphatic carbocycles. The second-order valence-corrected chi connectivity index (χ2v) is 4.42. The van der Waals surface area contributed by atoms with E-state index in [1.165, 1.54) is 0 Å². The Morgan fingerprint density at radius 3 is 2.47 bits per heavy atom. The first-order chi connectivity index (χ1) is 7.29. The smallest absolute Gasteiger partial charge is 0.180 e. The van der Waals surface area contributed by atoms with Gasteiger partial charge in [-0.25, -0.2) is 0 Å². The van der Waals surface area contributed by atoms with Crippen LogP contribution in [-0.2, 0) is 14.3 Å². The van der Waals surface area contributed by atoms with Crippen molar-refractivity contribution in [1.29, 1.82) is 0 Å². The number of hydrogen-bond donors (Lipinski definition) is 0. The highest BCUT2D eigenvalue weighted by Gasteiger charge is 2.56. The number of ether oxygens (including phenoxy) is 2. The first-order valence-corrected chi connectivity index (χ1v) is 5.64. The van der Waals surface area contributed by atoms with Gasteiger partial charge in [-0.15, -0.1) is 6.58 Å². The van der Waals surface area contributed by atoms with E-state index in [0.717, 1.165) is 32.0 Å². The van der Waals surface area contributed by atoms with Crippen LogP contribution in [0.4, 0.5) is 0 Å². The molecule has 0 radical (unpaired) electrons. The molecule has 1 atom stereocenters. The lowest BCUT2D eigenvalue weighted by atomic mass is 9.68. The van der Waals surface area contributed by atoms with E-state index in [-0.39, 0.29) is 0 Å². The maximum Gasteiger partial charge on any atom is 0.180 e. The van der Waals surface area contributed by atoms with Gasteiger partial charge in [0, 0.05) is 6.42 Å². The molecule has 84 valence electrons. The molecule has 0 N–H and O–H groups in total. The highest BCUT2D eigenvalue weighted by Crippen LogP contribution is 2.50. The Bertz CT molecular complexity index is 256. The van der Waals surface area contributed by atoms with Gasteiger partial charge >= 0.3 is 0 Å². The summed E-state index contributed by atoms with van der Waals surface area (Å²) in [5.41, 5.74) is -0.497. The second-order valence-electron chi connectivity index (χ2n) is 4.42. The van der Waals surface area contributed by atoms with Crippen LogP contribution in [-0.4, -0.2) is 25.3 Å². The fourth-order valence-corrected chi connectivity index (χ4v) is 2.84. The zero-order valence-corrected chi connectivity index (χ0v) is 9.04. The number of aldehydes is 1. The van der Waals surface area contributed by atoms with Crippen molar-refractivity contribution < 1.29 is 14.3 Å². The van der Waals surface area contributed by atoms with Gasteiger partial charge in [0.05, 0.1) is 18.6 Å². The van der Waals surface area contributed by atoms with Crippen LogP contribution >= 0.6 is 0 Å². The van der Waals surface area contributed by atoms with Gasteiger partial charge in [-0.1, -0.05) is 12.5 Å². The summed E-state index contributed by atoms with van der Waals surface area (Å²) in [6.45, 7) is 4.94. The minimum absolute atomic E-state index is 0.497. The average Bonchev–Trinajstić information content (AvgIpc) is 2.72. The van der Waals surface area contributed by atoms with Crippen molar-refractivity contribution in [3.63, 3.8) is 0 Å². The fourth-order valence-electron chi connectivity index (χ4n) is 2.84. The van der Waals surface area contributed by atoms with E-state index in [4.69, 9.17) is 9.47 Å². The highest BCUT2D eigenvalue weighted by atomic mass is 16.7. The summed E-state index contributed by atoms with van der Waals surface area (Å²) < 4.78 is 11.5. The van der Waals surface area contributed by atoms with Gasteiger partial charge in [0.15, 0.2) is 5.79 Å². The van der Waals surface area contributed by atoms with Crippen molar-refractivity contribution in [2.45, 2.75) is 37.9 Å². The Morgan fingerprint density at radius 1 is 1.20 bits per heavy atom. The standard InChI is InChI=1S/C12H18O3/c1-2-5-11(10-13)6-3-4-7-12(11)14-8-9-15-12/h2,10H,1,3-9H2. The van der Waals surface area contributed by atoms with Gasteiger partial charge in [-0.2, -0.15) is 0 Å². The summed E-state index contributed by atoms with van der Waals surface area (Å²) >= 11 is 0. The van der Waals surface area contributed by atoms with Gasteiger partial charge in [-0.05, 0) is 19.3 Å². The molecule has 0 aromatic carbocycles. The lowest BCUT2D eigenvalue weighted by Crippen LogP contribution is -2.52. The first kappa shape index (κ1) is 10.8.